The van der Waals surface area contributed by atoms with Crippen molar-refractivity contribution in [2.75, 3.05) is 26.2 Å². The summed E-state index contributed by atoms with van der Waals surface area (Å²) in [5.74, 6) is 0. The molecule has 0 bridgehead atoms. The molecule has 3 atom stereocenters. The first-order valence-corrected chi connectivity index (χ1v) is 8.65. The maximum absolute atomic E-state index is 5.84. The summed E-state index contributed by atoms with van der Waals surface area (Å²) in [5, 5.41) is 3.76. The van der Waals surface area contributed by atoms with Gasteiger partial charge >= 0.3 is 0 Å². The number of morpholine rings is 1. The fraction of sp³-hybridized carbons (Fsp3) is 1.00. The third-order valence-electron chi connectivity index (χ3n) is 4.89. The van der Waals surface area contributed by atoms with Gasteiger partial charge in [-0.2, -0.15) is 0 Å². The lowest BCUT2D eigenvalue weighted by Crippen LogP contribution is -2.53. The van der Waals surface area contributed by atoms with Crippen LogP contribution in [0, 0.1) is 5.41 Å². The summed E-state index contributed by atoms with van der Waals surface area (Å²) in [6.07, 6.45) is 6.95. The van der Waals surface area contributed by atoms with Gasteiger partial charge in [0.1, 0.15) is 0 Å². The number of rotatable bonds is 8. The van der Waals surface area contributed by atoms with Gasteiger partial charge in [0.25, 0.3) is 0 Å². The molecule has 0 amide bonds. The van der Waals surface area contributed by atoms with E-state index in [1.807, 2.05) is 0 Å². The van der Waals surface area contributed by atoms with Gasteiger partial charge < -0.3 is 10.1 Å². The molecule has 3 heteroatoms. The monoisotopic (exact) mass is 282 g/mol. The Kier molecular flexibility index (Phi) is 5.88. The number of hydrogen-bond donors (Lipinski definition) is 1. The van der Waals surface area contributed by atoms with Gasteiger partial charge in [-0.3, -0.25) is 4.90 Å². The van der Waals surface area contributed by atoms with Gasteiger partial charge in [-0.05, 0) is 38.0 Å². The zero-order valence-electron chi connectivity index (χ0n) is 14.0. The Morgan fingerprint density at radius 1 is 1.30 bits per heavy atom. The lowest BCUT2D eigenvalue weighted by atomic mass is 9.84. The van der Waals surface area contributed by atoms with Crippen molar-refractivity contribution in [1.82, 2.24) is 10.2 Å². The molecule has 1 aliphatic heterocycles. The molecule has 118 valence electrons. The first-order chi connectivity index (χ1) is 9.56. The molecule has 3 nitrogen and oxygen atoms in total. The van der Waals surface area contributed by atoms with Crippen molar-refractivity contribution in [3.05, 3.63) is 0 Å². The van der Waals surface area contributed by atoms with Crippen LogP contribution in [0.25, 0.3) is 0 Å². The normalized spacial score (nSPS) is 31.2. The predicted molar refractivity (Wildman–Crippen MR) is 85.1 cm³/mol. The summed E-state index contributed by atoms with van der Waals surface area (Å²) in [6.45, 7) is 13.7. The van der Waals surface area contributed by atoms with Crippen molar-refractivity contribution in [3.63, 3.8) is 0 Å². The second kappa shape index (κ2) is 7.24. The van der Waals surface area contributed by atoms with E-state index in [0.29, 0.717) is 17.6 Å². The molecule has 0 aromatic carbocycles. The van der Waals surface area contributed by atoms with Crippen LogP contribution >= 0.6 is 0 Å². The Balaban J connectivity index is 1.92. The number of nitrogens with one attached hydrogen (secondary N) is 1. The summed E-state index contributed by atoms with van der Waals surface area (Å²) in [4.78, 5) is 2.69. The third kappa shape index (κ3) is 4.71. The standard InChI is InChI=1S/C17H34N2O/c1-5-9-17(4,12-18-15-7-8-15)13-19-10-14(3)20-11-16(19)6-2/h14-16,18H,5-13H2,1-4H3. The predicted octanol–water partition coefficient (Wildman–Crippen LogP) is 3.04. The van der Waals surface area contributed by atoms with Gasteiger partial charge in [-0.1, -0.05) is 27.2 Å². The molecular formula is C17H34N2O. The highest BCUT2D eigenvalue weighted by atomic mass is 16.5. The summed E-state index contributed by atoms with van der Waals surface area (Å²) in [5.41, 5.74) is 0.405. The van der Waals surface area contributed by atoms with E-state index in [1.165, 1.54) is 45.2 Å². The largest absolute Gasteiger partial charge is 0.376 e. The molecule has 1 saturated heterocycles. The zero-order chi connectivity index (χ0) is 14.6. The summed E-state index contributed by atoms with van der Waals surface area (Å²) < 4.78 is 5.84. The molecule has 1 heterocycles. The number of nitrogens with zero attached hydrogens (tertiary/aromatic N) is 1. The average Bonchev–Trinajstić information content (AvgIpc) is 3.21. The number of hydrogen-bond acceptors (Lipinski definition) is 3. The Hall–Kier alpha value is -0.120. The van der Waals surface area contributed by atoms with Gasteiger partial charge in [0, 0.05) is 31.7 Å². The molecule has 0 aromatic heterocycles. The van der Waals surface area contributed by atoms with Crippen molar-refractivity contribution >= 4 is 0 Å². The second-order valence-corrected chi connectivity index (χ2v) is 7.35. The fourth-order valence-corrected chi connectivity index (χ4v) is 3.48. The first kappa shape index (κ1) is 16.3. The van der Waals surface area contributed by atoms with Crippen LogP contribution in [0.3, 0.4) is 0 Å². The molecule has 0 aromatic rings. The van der Waals surface area contributed by atoms with Crippen LogP contribution in [-0.4, -0.2) is 49.3 Å². The van der Waals surface area contributed by atoms with Crippen LogP contribution in [0.5, 0.6) is 0 Å². The quantitative estimate of drug-likeness (QED) is 0.740. The lowest BCUT2D eigenvalue weighted by molar-refractivity contribution is -0.0686. The van der Waals surface area contributed by atoms with Crippen LogP contribution in [0.15, 0.2) is 0 Å². The van der Waals surface area contributed by atoms with Crippen LogP contribution in [0.1, 0.15) is 59.8 Å². The van der Waals surface area contributed by atoms with Crippen LogP contribution in [0.4, 0.5) is 0 Å². The van der Waals surface area contributed by atoms with E-state index in [4.69, 9.17) is 4.74 Å². The molecule has 20 heavy (non-hydrogen) atoms. The molecule has 1 saturated carbocycles. The highest BCUT2D eigenvalue weighted by Crippen LogP contribution is 2.29. The average molecular weight is 282 g/mol. The van der Waals surface area contributed by atoms with Gasteiger partial charge in [0.05, 0.1) is 12.7 Å². The molecule has 0 radical (unpaired) electrons. The Labute approximate surface area is 125 Å². The molecule has 2 aliphatic rings. The molecule has 0 spiro atoms. The fourth-order valence-electron chi connectivity index (χ4n) is 3.48. The SMILES string of the molecule is CCCC(C)(CNC1CC1)CN1CC(C)OCC1CC. The second-order valence-electron chi connectivity index (χ2n) is 7.35. The van der Waals surface area contributed by atoms with Gasteiger partial charge in [-0.15, -0.1) is 0 Å². The molecule has 1 N–H and O–H groups in total. The minimum atomic E-state index is 0.389. The molecule has 3 unspecified atom stereocenters. The Bertz CT molecular complexity index is 293. The summed E-state index contributed by atoms with van der Waals surface area (Å²) in [7, 11) is 0. The van der Waals surface area contributed by atoms with Crippen LogP contribution < -0.4 is 5.32 Å². The molecule has 2 rings (SSSR count). The van der Waals surface area contributed by atoms with E-state index in [2.05, 4.69) is 37.9 Å². The summed E-state index contributed by atoms with van der Waals surface area (Å²) >= 11 is 0. The van der Waals surface area contributed by atoms with Crippen molar-refractivity contribution in [2.45, 2.75) is 78.0 Å². The Morgan fingerprint density at radius 2 is 2.05 bits per heavy atom. The topological polar surface area (TPSA) is 24.5 Å². The molecule has 2 fully saturated rings. The highest BCUT2D eigenvalue weighted by molar-refractivity contribution is 4.89. The van der Waals surface area contributed by atoms with E-state index in [0.717, 1.165) is 19.2 Å². The van der Waals surface area contributed by atoms with E-state index in [9.17, 15) is 0 Å². The number of ether oxygens (including phenoxy) is 1. The Morgan fingerprint density at radius 3 is 2.65 bits per heavy atom. The minimum absolute atomic E-state index is 0.389. The van der Waals surface area contributed by atoms with Gasteiger partial charge in [0.2, 0.25) is 0 Å². The molecule has 1 aliphatic carbocycles. The third-order valence-corrected chi connectivity index (χ3v) is 4.89. The summed E-state index contributed by atoms with van der Waals surface area (Å²) in [6, 6.07) is 1.43. The van der Waals surface area contributed by atoms with Crippen molar-refractivity contribution in [1.29, 1.82) is 0 Å². The van der Waals surface area contributed by atoms with Crippen LogP contribution in [0.2, 0.25) is 0 Å². The van der Waals surface area contributed by atoms with Crippen molar-refractivity contribution < 1.29 is 4.74 Å². The van der Waals surface area contributed by atoms with E-state index in [-0.39, 0.29) is 0 Å². The maximum Gasteiger partial charge on any atom is 0.0674 e. The first-order valence-electron chi connectivity index (χ1n) is 8.65. The highest BCUT2D eigenvalue weighted by Gasteiger charge is 2.34. The molecular weight excluding hydrogens is 248 g/mol. The van der Waals surface area contributed by atoms with Crippen molar-refractivity contribution in [3.8, 4) is 0 Å². The van der Waals surface area contributed by atoms with E-state index in [1.54, 1.807) is 0 Å². The lowest BCUT2D eigenvalue weighted by Gasteiger charge is -2.43. The van der Waals surface area contributed by atoms with E-state index < -0.39 is 0 Å². The van der Waals surface area contributed by atoms with Gasteiger partial charge in [0.15, 0.2) is 0 Å². The van der Waals surface area contributed by atoms with E-state index >= 15 is 0 Å². The maximum atomic E-state index is 5.84. The smallest absolute Gasteiger partial charge is 0.0674 e. The van der Waals surface area contributed by atoms with Crippen LogP contribution in [-0.2, 0) is 4.74 Å². The van der Waals surface area contributed by atoms with Gasteiger partial charge in [-0.25, -0.2) is 0 Å². The minimum Gasteiger partial charge on any atom is -0.376 e. The van der Waals surface area contributed by atoms with Crippen molar-refractivity contribution in [2.24, 2.45) is 5.41 Å². The zero-order valence-corrected chi connectivity index (χ0v) is 14.0.